The van der Waals surface area contributed by atoms with E-state index in [-0.39, 0.29) is 0 Å². The third-order valence-electron chi connectivity index (χ3n) is 0.272. The summed E-state index contributed by atoms with van der Waals surface area (Å²) in [6.45, 7) is 3.09. The fraction of sp³-hybridized carbons (Fsp3) is 0.667. The Kier molecular flexibility index (Phi) is 2.14. The fourth-order valence-corrected chi connectivity index (χ4v) is 0. The van der Waals surface area contributed by atoms with Gasteiger partial charge in [0.1, 0.15) is 0 Å². The predicted octanol–water partition coefficient (Wildman–Crippen LogP) is -0.215. The molecule has 0 spiro atoms. The van der Waals surface area contributed by atoms with Crippen molar-refractivity contribution in [3.8, 4) is 0 Å². The number of hydrogen-bond donors (Lipinski definition) is 1. The molecular formula is C3H7O2. The summed E-state index contributed by atoms with van der Waals surface area (Å²) in [4.78, 5) is 0. The molecule has 0 saturated carbocycles. The van der Waals surface area contributed by atoms with Gasteiger partial charge >= 0.3 is 0 Å². The van der Waals surface area contributed by atoms with Crippen LogP contribution in [0.3, 0.4) is 0 Å². The highest BCUT2D eigenvalue weighted by Gasteiger charge is 1.80. The maximum Gasteiger partial charge on any atom is 0.154 e. The highest BCUT2D eigenvalue weighted by atomic mass is 16.6. The lowest BCUT2D eigenvalue weighted by Crippen LogP contribution is -2.00. The average Bonchev–Trinajstić information content (AvgIpc) is 1.38. The highest BCUT2D eigenvalue weighted by molar-refractivity contribution is 4.33. The minimum absolute atomic E-state index is 0.866. The molecule has 2 nitrogen and oxygen atoms in total. The number of methoxy groups -OCH3 is 1. The van der Waals surface area contributed by atoms with Crippen LogP contribution >= 0.6 is 0 Å². The van der Waals surface area contributed by atoms with Gasteiger partial charge in [0.15, 0.2) is 6.29 Å². The third-order valence-corrected chi connectivity index (χ3v) is 0.272. The van der Waals surface area contributed by atoms with Crippen LogP contribution in [0.4, 0.5) is 0 Å². The molecule has 0 saturated heterocycles. The van der Waals surface area contributed by atoms with Gasteiger partial charge in [-0.25, -0.2) is 0 Å². The molecule has 2 heteroatoms. The molecular weight excluding hydrogens is 68.0 g/mol. The minimum atomic E-state index is -0.866. The van der Waals surface area contributed by atoms with E-state index in [4.69, 9.17) is 5.11 Å². The first-order valence-corrected chi connectivity index (χ1v) is 1.31. The Hall–Kier alpha value is -0.0800. The lowest BCUT2D eigenvalue weighted by Gasteiger charge is -1.93. The second-order valence-electron chi connectivity index (χ2n) is 0.690. The van der Waals surface area contributed by atoms with Crippen molar-refractivity contribution in [2.45, 2.75) is 6.29 Å². The monoisotopic (exact) mass is 75.0 g/mol. The molecule has 0 aliphatic rings. The van der Waals surface area contributed by atoms with Crippen LogP contribution in [-0.4, -0.2) is 18.5 Å². The second kappa shape index (κ2) is 2.18. The Labute approximate surface area is 31.4 Å². The van der Waals surface area contributed by atoms with Gasteiger partial charge in [0.25, 0.3) is 0 Å². The molecule has 1 unspecified atom stereocenters. The molecule has 0 aromatic rings. The SMILES string of the molecule is [CH2]C(O)OC. The van der Waals surface area contributed by atoms with Crippen molar-refractivity contribution in [3.05, 3.63) is 6.92 Å². The molecule has 0 rings (SSSR count). The molecule has 0 aromatic carbocycles. The van der Waals surface area contributed by atoms with Gasteiger partial charge in [-0.15, -0.1) is 0 Å². The van der Waals surface area contributed by atoms with Gasteiger partial charge in [-0.1, -0.05) is 0 Å². The van der Waals surface area contributed by atoms with Crippen LogP contribution in [0.25, 0.3) is 0 Å². The smallest absolute Gasteiger partial charge is 0.154 e. The molecule has 0 aromatic heterocycles. The van der Waals surface area contributed by atoms with E-state index in [0.29, 0.717) is 0 Å². The Morgan fingerprint density at radius 2 is 2.20 bits per heavy atom. The number of aliphatic hydroxyl groups excluding tert-OH is 1. The zero-order valence-electron chi connectivity index (χ0n) is 3.14. The molecule has 1 N–H and O–H groups in total. The maximum absolute atomic E-state index is 8.03. The van der Waals surface area contributed by atoms with E-state index in [0.717, 1.165) is 0 Å². The molecule has 0 aliphatic heterocycles. The minimum Gasteiger partial charge on any atom is -0.368 e. The Balaban J connectivity index is 2.54. The molecule has 5 heavy (non-hydrogen) atoms. The van der Waals surface area contributed by atoms with Gasteiger partial charge in [-0.05, 0) is 0 Å². The van der Waals surface area contributed by atoms with Crippen molar-refractivity contribution < 1.29 is 9.84 Å². The van der Waals surface area contributed by atoms with E-state index < -0.39 is 6.29 Å². The van der Waals surface area contributed by atoms with Crippen LogP contribution in [-0.2, 0) is 4.74 Å². The predicted molar refractivity (Wildman–Crippen MR) is 18.4 cm³/mol. The van der Waals surface area contributed by atoms with E-state index in [9.17, 15) is 0 Å². The van der Waals surface area contributed by atoms with Gasteiger partial charge in [0.05, 0.1) is 0 Å². The topological polar surface area (TPSA) is 29.5 Å². The fourth-order valence-electron chi connectivity index (χ4n) is 0. The Bertz CT molecular complexity index is 18.9. The number of hydrogen-bond acceptors (Lipinski definition) is 2. The zero-order valence-corrected chi connectivity index (χ0v) is 3.14. The lowest BCUT2D eigenvalue weighted by atomic mass is 10.8. The van der Waals surface area contributed by atoms with E-state index >= 15 is 0 Å². The first-order valence-electron chi connectivity index (χ1n) is 1.31. The van der Waals surface area contributed by atoms with E-state index in [2.05, 4.69) is 11.7 Å². The van der Waals surface area contributed by atoms with Gasteiger partial charge in [-0.2, -0.15) is 0 Å². The first kappa shape index (κ1) is 4.92. The normalized spacial score (nSPS) is 15.0. The molecule has 31 valence electrons. The number of rotatable bonds is 1. The van der Waals surface area contributed by atoms with Gasteiger partial charge in [0, 0.05) is 14.0 Å². The van der Waals surface area contributed by atoms with Crippen molar-refractivity contribution in [2.24, 2.45) is 0 Å². The molecule has 0 amide bonds. The van der Waals surface area contributed by atoms with Crippen molar-refractivity contribution in [3.63, 3.8) is 0 Å². The van der Waals surface area contributed by atoms with E-state index in [1.807, 2.05) is 0 Å². The highest BCUT2D eigenvalue weighted by Crippen LogP contribution is 1.71. The van der Waals surface area contributed by atoms with Crippen LogP contribution in [0.2, 0.25) is 0 Å². The van der Waals surface area contributed by atoms with Crippen molar-refractivity contribution >= 4 is 0 Å². The number of aliphatic hydroxyl groups is 1. The average molecular weight is 75.1 g/mol. The first-order chi connectivity index (χ1) is 2.27. The summed E-state index contributed by atoms with van der Waals surface area (Å²) in [5, 5.41) is 8.03. The lowest BCUT2D eigenvalue weighted by molar-refractivity contribution is -0.0379. The van der Waals surface area contributed by atoms with Gasteiger partial charge in [0.2, 0.25) is 0 Å². The molecule has 1 atom stereocenters. The summed E-state index contributed by atoms with van der Waals surface area (Å²) in [6.07, 6.45) is -0.866. The molecule has 0 heterocycles. The largest absolute Gasteiger partial charge is 0.368 e. The van der Waals surface area contributed by atoms with Crippen molar-refractivity contribution in [1.29, 1.82) is 0 Å². The van der Waals surface area contributed by atoms with E-state index in [1.54, 1.807) is 0 Å². The molecule has 1 radical (unpaired) electrons. The summed E-state index contributed by atoms with van der Waals surface area (Å²) in [6, 6.07) is 0. The summed E-state index contributed by atoms with van der Waals surface area (Å²) in [7, 11) is 1.39. The third kappa shape index (κ3) is 3.92. The summed E-state index contributed by atoms with van der Waals surface area (Å²) < 4.78 is 4.19. The van der Waals surface area contributed by atoms with Crippen LogP contribution < -0.4 is 0 Å². The zero-order chi connectivity index (χ0) is 4.28. The maximum atomic E-state index is 8.03. The summed E-state index contributed by atoms with van der Waals surface area (Å²) in [5.74, 6) is 0. The Morgan fingerprint density at radius 1 is 2.00 bits per heavy atom. The van der Waals surface area contributed by atoms with Crippen LogP contribution in [0.5, 0.6) is 0 Å². The second-order valence-corrected chi connectivity index (χ2v) is 0.690. The van der Waals surface area contributed by atoms with Crippen molar-refractivity contribution in [1.82, 2.24) is 0 Å². The summed E-state index contributed by atoms with van der Waals surface area (Å²) in [5.41, 5.74) is 0. The van der Waals surface area contributed by atoms with Crippen LogP contribution in [0, 0.1) is 6.92 Å². The Morgan fingerprint density at radius 3 is 2.20 bits per heavy atom. The van der Waals surface area contributed by atoms with Gasteiger partial charge < -0.3 is 9.84 Å². The van der Waals surface area contributed by atoms with Crippen molar-refractivity contribution in [2.75, 3.05) is 7.11 Å². The van der Waals surface area contributed by atoms with Crippen LogP contribution in [0.1, 0.15) is 0 Å². The van der Waals surface area contributed by atoms with E-state index in [1.165, 1.54) is 7.11 Å². The molecule has 0 aliphatic carbocycles. The molecule has 0 fully saturated rings. The quantitative estimate of drug-likeness (QED) is 0.437. The van der Waals surface area contributed by atoms with Gasteiger partial charge in [-0.3, -0.25) is 0 Å². The number of ether oxygens (including phenoxy) is 1. The van der Waals surface area contributed by atoms with Crippen LogP contribution in [0.15, 0.2) is 0 Å². The molecule has 0 bridgehead atoms. The summed E-state index contributed by atoms with van der Waals surface area (Å²) >= 11 is 0. The standard InChI is InChI=1S/C3H7O2/c1-3(4)5-2/h3-4H,1H2,2H3.